The maximum Gasteiger partial charge on any atom is 0.311 e. The molecular formula is C20H27FN2O3. The molecule has 0 amide bonds. The number of aliphatic carboxylic acids is 1. The summed E-state index contributed by atoms with van der Waals surface area (Å²) in [5, 5.41) is 14.1. The van der Waals surface area contributed by atoms with Crippen molar-refractivity contribution in [2.45, 2.75) is 45.6 Å². The largest absolute Gasteiger partial charge is 0.481 e. The Balaban J connectivity index is 1.66. The number of carboxylic acids is 1. The molecule has 2 aliphatic heterocycles. The number of oxime groups is 1. The summed E-state index contributed by atoms with van der Waals surface area (Å²) in [7, 11) is 0. The van der Waals surface area contributed by atoms with E-state index in [1.54, 1.807) is 12.1 Å². The maximum absolute atomic E-state index is 13.1. The molecule has 1 saturated heterocycles. The first kappa shape index (κ1) is 18.8. The van der Waals surface area contributed by atoms with Crippen molar-refractivity contribution in [1.29, 1.82) is 0 Å². The first-order valence-electron chi connectivity index (χ1n) is 9.32. The molecule has 0 bridgehead atoms. The molecule has 5 nitrogen and oxygen atoms in total. The van der Waals surface area contributed by atoms with Crippen LogP contribution in [0.5, 0.6) is 0 Å². The molecule has 2 atom stereocenters. The van der Waals surface area contributed by atoms with Gasteiger partial charge >= 0.3 is 5.97 Å². The zero-order chi connectivity index (χ0) is 18.7. The summed E-state index contributed by atoms with van der Waals surface area (Å²) in [5.74, 6) is -0.525. The van der Waals surface area contributed by atoms with Gasteiger partial charge in [-0.05, 0) is 43.0 Å². The minimum atomic E-state index is -0.786. The average Bonchev–Trinajstić information content (AvgIpc) is 3.03. The van der Waals surface area contributed by atoms with Crippen LogP contribution in [0.2, 0.25) is 0 Å². The molecule has 6 heteroatoms. The van der Waals surface area contributed by atoms with Crippen molar-refractivity contribution in [2.24, 2.45) is 16.5 Å². The quantitative estimate of drug-likeness (QED) is 0.841. The summed E-state index contributed by atoms with van der Waals surface area (Å²) >= 11 is 0. The Hall–Kier alpha value is -1.95. The first-order valence-corrected chi connectivity index (χ1v) is 9.32. The van der Waals surface area contributed by atoms with Gasteiger partial charge in [-0.15, -0.1) is 0 Å². The van der Waals surface area contributed by atoms with Gasteiger partial charge in [0.15, 0.2) is 0 Å². The van der Waals surface area contributed by atoms with Crippen LogP contribution in [-0.4, -0.2) is 47.4 Å². The second-order valence-electron chi connectivity index (χ2n) is 8.00. The van der Waals surface area contributed by atoms with Crippen LogP contribution in [-0.2, 0) is 9.63 Å². The van der Waals surface area contributed by atoms with Gasteiger partial charge < -0.3 is 14.8 Å². The molecule has 2 aliphatic rings. The molecule has 1 aromatic carbocycles. The summed E-state index contributed by atoms with van der Waals surface area (Å²) in [6, 6.07) is 6.15. The Morgan fingerprint density at radius 3 is 2.81 bits per heavy atom. The van der Waals surface area contributed by atoms with Gasteiger partial charge in [0.1, 0.15) is 11.9 Å². The van der Waals surface area contributed by atoms with Crippen molar-refractivity contribution in [2.75, 3.05) is 19.6 Å². The van der Waals surface area contributed by atoms with E-state index in [0.29, 0.717) is 31.7 Å². The third kappa shape index (κ3) is 4.23. The molecule has 0 saturated carbocycles. The van der Waals surface area contributed by atoms with Crippen LogP contribution in [0.15, 0.2) is 29.4 Å². The predicted molar refractivity (Wildman–Crippen MR) is 97.6 cm³/mol. The van der Waals surface area contributed by atoms with Crippen molar-refractivity contribution < 1.29 is 19.1 Å². The number of hydrogen-bond donors (Lipinski definition) is 1. The molecule has 26 heavy (non-hydrogen) atoms. The molecule has 0 radical (unpaired) electrons. The molecule has 1 aromatic rings. The van der Waals surface area contributed by atoms with Gasteiger partial charge in [0.2, 0.25) is 0 Å². The number of halogens is 1. The van der Waals surface area contributed by atoms with E-state index in [2.05, 4.69) is 23.9 Å². The van der Waals surface area contributed by atoms with E-state index in [1.807, 2.05) is 0 Å². The standard InChI is InChI=1S/C20H27FN2O3/c1-14(2)12-23-9-3-8-20(13-23,19(24)25)11-17-10-18(22-26-17)15-4-6-16(21)7-5-15/h4-7,14,17H,3,8-13H2,1-2H3,(H,24,25)/t17-,20-/m0/s1. The summed E-state index contributed by atoms with van der Waals surface area (Å²) in [6.45, 7) is 6.74. The van der Waals surface area contributed by atoms with Gasteiger partial charge in [0.05, 0.1) is 11.1 Å². The van der Waals surface area contributed by atoms with Gasteiger partial charge in [-0.3, -0.25) is 4.79 Å². The van der Waals surface area contributed by atoms with Gasteiger partial charge in [-0.1, -0.05) is 31.1 Å². The summed E-state index contributed by atoms with van der Waals surface area (Å²) in [4.78, 5) is 19.9. The molecule has 0 spiro atoms. The number of carbonyl (C=O) groups is 1. The summed E-state index contributed by atoms with van der Waals surface area (Å²) in [6.07, 6.45) is 2.32. The summed E-state index contributed by atoms with van der Waals surface area (Å²) < 4.78 is 13.1. The van der Waals surface area contributed by atoms with Crippen molar-refractivity contribution in [3.05, 3.63) is 35.6 Å². The maximum atomic E-state index is 13.1. The Labute approximate surface area is 153 Å². The van der Waals surface area contributed by atoms with Crippen LogP contribution in [0.3, 0.4) is 0 Å². The molecule has 0 aliphatic carbocycles. The van der Waals surface area contributed by atoms with Crippen LogP contribution < -0.4 is 0 Å². The number of likely N-dealkylation sites (tertiary alicyclic amines) is 1. The molecular weight excluding hydrogens is 335 g/mol. The Kier molecular flexibility index (Phi) is 5.61. The molecule has 0 aromatic heterocycles. The zero-order valence-electron chi connectivity index (χ0n) is 15.4. The lowest BCUT2D eigenvalue weighted by molar-refractivity contribution is -0.155. The minimum Gasteiger partial charge on any atom is -0.481 e. The molecule has 3 rings (SSSR count). The number of benzene rings is 1. The van der Waals surface area contributed by atoms with E-state index in [1.165, 1.54) is 12.1 Å². The van der Waals surface area contributed by atoms with E-state index in [-0.39, 0.29) is 11.9 Å². The smallest absolute Gasteiger partial charge is 0.311 e. The summed E-state index contributed by atoms with van der Waals surface area (Å²) in [5.41, 5.74) is 0.791. The van der Waals surface area contributed by atoms with Crippen molar-refractivity contribution >= 4 is 11.7 Å². The molecule has 0 unspecified atom stereocenters. The van der Waals surface area contributed by atoms with Gasteiger partial charge in [-0.2, -0.15) is 0 Å². The Bertz CT molecular complexity index is 674. The zero-order valence-corrected chi connectivity index (χ0v) is 15.4. The van der Waals surface area contributed by atoms with Gasteiger partial charge in [0.25, 0.3) is 0 Å². The number of carboxylic acid groups (broad SMARTS) is 1. The second-order valence-corrected chi connectivity index (χ2v) is 8.00. The number of piperidine rings is 1. The second kappa shape index (κ2) is 7.74. The number of hydrogen-bond acceptors (Lipinski definition) is 4. The van der Waals surface area contributed by atoms with E-state index in [4.69, 9.17) is 4.84 Å². The van der Waals surface area contributed by atoms with Crippen molar-refractivity contribution in [3.8, 4) is 0 Å². The predicted octanol–water partition coefficient (Wildman–Crippen LogP) is 3.53. The Morgan fingerprint density at radius 2 is 2.15 bits per heavy atom. The molecule has 2 heterocycles. The van der Waals surface area contributed by atoms with E-state index >= 15 is 0 Å². The van der Waals surface area contributed by atoms with Gasteiger partial charge in [-0.25, -0.2) is 4.39 Å². The van der Waals surface area contributed by atoms with E-state index in [9.17, 15) is 14.3 Å². The normalized spacial score (nSPS) is 26.6. The fraction of sp³-hybridized carbons (Fsp3) is 0.600. The topological polar surface area (TPSA) is 62.1 Å². The Morgan fingerprint density at radius 1 is 1.42 bits per heavy atom. The van der Waals surface area contributed by atoms with Crippen LogP contribution in [0.25, 0.3) is 0 Å². The highest BCUT2D eigenvalue weighted by Crippen LogP contribution is 2.38. The first-order chi connectivity index (χ1) is 12.4. The SMILES string of the molecule is CC(C)CN1CCC[C@@](C[C@@H]2CC(c3ccc(F)cc3)=NO2)(C(=O)O)C1. The van der Waals surface area contributed by atoms with Crippen LogP contribution >= 0.6 is 0 Å². The van der Waals surface area contributed by atoms with Crippen LogP contribution in [0.4, 0.5) is 4.39 Å². The highest BCUT2D eigenvalue weighted by Gasteiger charge is 2.45. The number of rotatable bonds is 6. The monoisotopic (exact) mass is 362 g/mol. The van der Waals surface area contributed by atoms with Crippen LogP contribution in [0, 0.1) is 17.2 Å². The number of nitrogens with zero attached hydrogens (tertiary/aromatic N) is 2. The lowest BCUT2D eigenvalue weighted by Crippen LogP contribution is -2.50. The van der Waals surface area contributed by atoms with E-state index < -0.39 is 11.4 Å². The fourth-order valence-electron chi connectivity index (χ4n) is 4.11. The van der Waals surface area contributed by atoms with E-state index in [0.717, 1.165) is 30.8 Å². The molecule has 1 N–H and O–H groups in total. The lowest BCUT2D eigenvalue weighted by atomic mass is 9.74. The third-order valence-electron chi connectivity index (χ3n) is 5.26. The fourth-order valence-corrected chi connectivity index (χ4v) is 4.11. The van der Waals surface area contributed by atoms with Crippen LogP contribution in [0.1, 0.15) is 45.1 Å². The van der Waals surface area contributed by atoms with Crippen molar-refractivity contribution in [1.82, 2.24) is 4.90 Å². The highest BCUT2D eigenvalue weighted by atomic mass is 19.1. The van der Waals surface area contributed by atoms with Crippen molar-refractivity contribution in [3.63, 3.8) is 0 Å². The lowest BCUT2D eigenvalue weighted by Gasteiger charge is -2.41. The third-order valence-corrected chi connectivity index (χ3v) is 5.26. The highest BCUT2D eigenvalue weighted by molar-refractivity contribution is 6.01. The average molecular weight is 362 g/mol. The molecule has 1 fully saturated rings. The minimum absolute atomic E-state index is 0.245. The van der Waals surface area contributed by atoms with Gasteiger partial charge in [0, 0.05) is 25.9 Å². The molecule has 142 valence electrons.